The highest BCUT2D eigenvalue weighted by Gasteiger charge is 2.25. The Balaban J connectivity index is 2.34. The fourth-order valence-corrected chi connectivity index (χ4v) is 3.53. The van der Waals surface area contributed by atoms with Crippen LogP contribution in [0.15, 0.2) is 42.5 Å². The maximum atomic E-state index is 13.3. The third-order valence-corrected chi connectivity index (χ3v) is 4.76. The summed E-state index contributed by atoms with van der Waals surface area (Å²) in [6.45, 7) is 0. The second-order valence-electron chi connectivity index (χ2n) is 3.07. The molecular formula is C12H7F3I+. The first kappa shape index (κ1) is 11.4. The molecule has 4 heteroatoms. The first-order chi connectivity index (χ1) is 7.66. The van der Waals surface area contributed by atoms with Gasteiger partial charge in [0.15, 0.2) is 15.2 Å². The molecule has 0 aliphatic rings. The van der Waals surface area contributed by atoms with Gasteiger partial charge in [0.25, 0.3) is 3.57 Å². The van der Waals surface area contributed by atoms with E-state index in [-0.39, 0.29) is 9.39 Å². The molecular weight excluding hydrogens is 328 g/mol. The van der Waals surface area contributed by atoms with Crippen molar-refractivity contribution in [1.82, 2.24) is 0 Å². The monoisotopic (exact) mass is 335 g/mol. The summed E-state index contributed by atoms with van der Waals surface area (Å²) >= 11 is -1.02. The number of hydrogen-bond donors (Lipinski definition) is 0. The van der Waals surface area contributed by atoms with Gasteiger partial charge in [0.05, 0.1) is 0 Å². The Morgan fingerprint density at radius 1 is 0.812 bits per heavy atom. The second-order valence-corrected chi connectivity index (χ2v) is 5.93. The average molecular weight is 335 g/mol. The lowest BCUT2D eigenvalue weighted by Gasteiger charge is -1.92. The first-order valence-corrected chi connectivity index (χ1v) is 6.67. The van der Waals surface area contributed by atoms with Crippen LogP contribution in [0.2, 0.25) is 0 Å². The Kier molecular flexibility index (Phi) is 3.48. The molecule has 0 unspecified atom stereocenters. The summed E-state index contributed by atoms with van der Waals surface area (Å²) in [6, 6.07) is 9.62. The molecule has 0 heterocycles. The molecule has 2 rings (SSSR count). The predicted octanol–water partition coefficient (Wildman–Crippen LogP) is 0.232. The normalized spacial score (nSPS) is 10.4. The third-order valence-electron chi connectivity index (χ3n) is 1.89. The Bertz CT molecular complexity index is 491. The van der Waals surface area contributed by atoms with Crippen LogP contribution >= 0.6 is 0 Å². The lowest BCUT2D eigenvalue weighted by atomic mass is 10.3. The first-order valence-electron chi connectivity index (χ1n) is 4.51. The maximum absolute atomic E-state index is 13.3. The number of halogens is 4. The van der Waals surface area contributed by atoms with Crippen LogP contribution in [-0.2, 0) is 0 Å². The standard InChI is InChI=1S/C12H7F3I/c13-8-3-1-4-9(7-8)16-12-10(14)5-2-6-11(12)15/h1-7H/q+1. The van der Waals surface area contributed by atoms with Gasteiger partial charge in [-0.05, 0) is 24.3 Å². The fourth-order valence-electron chi connectivity index (χ4n) is 1.20. The van der Waals surface area contributed by atoms with Crippen molar-refractivity contribution in [3.05, 3.63) is 67.1 Å². The molecule has 0 nitrogen and oxygen atoms in total. The van der Waals surface area contributed by atoms with Crippen molar-refractivity contribution in [2.24, 2.45) is 0 Å². The van der Waals surface area contributed by atoms with E-state index >= 15 is 0 Å². The van der Waals surface area contributed by atoms with Crippen molar-refractivity contribution >= 4 is 0 Å². The minimum Gasteiger partial charge on any atom is -0.207 e. The Morgan fingerprint density at radius 2 is 1.44 bits per heavy atom. The van der Waals surface area contributed by atoms with Crippen LogP contribution in [0, 0.1) is 24.6 Å². The van der Waals surface area contributed by atoms with Crippen molar-refractivity contribution in [2.45, 2.75) is 0 Å². The topological polar surface area (TPSA) is 0 Å². The molecule has 82 valence electrons. The van der Waals surface area contributed by atoms with Crippen molar-refractivity contribution in [1.29, 1.82) is 0 Å². The summed E-state index contributed by atoms with van der Waals surface area (Å²) in [4.78, 5) is 0. The molecule has 16 heavy (non-hydrogen) atoms. The fraction of sp³-hybridized carbons (Fsp3) is 0. The van der Waals surface area contributed by atoms with Crippen molar-refractivity contribution in [3.63, 3.8) is 0 Å². The summed E-state index contributed by atoms with van der Waals surface area (Å²) in [5.41, 5.74) is 0. The highest BCUT2D eigenvalue weighted by Crippen LogP contribution is 2.01. The molecule has 0 saturated heterocycles. The van der Waals surface area contributed by atoms with Gasteiger partial charge in [-0.15, -0.1) is 0 Å². The van der Waals surface area contributed by atoms with E-state index in [0.717, 1.165) is 0 Å². The van der Waals surface area contributed by atoms with E-state index in [9.17, 15) is 13.2 Å². The van der Waals surface area contributed by atoms with Gasteiger partial charge in [-0.2, -0.15) is 0 Å². The van der Waals surface area contributed by atoms with Gasteiger partial charge in [0.2, 0.25) is 0 Å². The van der Waals surface area contributed by atoms with E-state index < -0.39 is 32.8 Å². The quantitative estimate of drug-likeness (QED) is 0.545. The lowest BCUT2D eigenvalue weighted by Crippen LogP contribution is -3.62. The van der Waals surface area contributed by atoms with Crippen LogP contribution in [0.1, 0.15) is 0 Å². The minimum absolute atomic E-state index is 0.0758. The van der Waals surface area contributed by atoms with Gasteiger partial charge < -0.3 is 0 Å². The van der Waals surface area contributed by atoms with Crippen LogP contribution in [0.5, 0.6) is 0 Å². The van der Waals surface area contributed by atoms with Crippen molar-refractivity contribution < 1.29 is 34.4 Å². The zero-order chi connectivity index (χ0) is 11.5. The molecule has 2 aromatic carbocycles. The van der Waals surface area contributed by atoms with Gasteiger partial charge in [-0.25, -0.2) is 13.2 Å². The number of benzene rings is 2. The van der Waals surface area contributed by atoms with E-state index in [2.05, 4.69) is 0 Å². The summed E-state index contributed by atoms with van der Waals surface area (Å²) in [5, 5.41) is 0. The van der Waals surface area contributed by atoms with E-state index in [4.69, 9.17) is 0 Å². The summed E-state index contributed by atoms with van der Waals surface area (Å²) in [6.07, 6.45) is 0. The van der Waals surface area contributed by atoms with Crippen LogP contribution in [0.3, 0.4) is 0 Å². The largest absolute Gasteiger partial charge is 0.364 e. The Morgan fingerprint density at radius 3 is 2.06 bits per heavy atom. The molecule has 0 aliphatic carbocycles. The predicted molar refractivity (Wildman–Crippen MR) is 50.2 cm³/mol. The van der Waals surface area contributed by atoms with Crippen LogP contribution in [0.4, 0.5) is 13.2 Å². The number of hydrogen-bond acceptors (Lipinski definition) is 0. The van der Waals surface area contributed by atoms with Gasteiger partial charge in [0, 0.05) is 6.07 Å². The SMILES string of the molecule is Fc1cccc([I+]c2c(F)cccc2F)c1. The van der Waals surface area contributed by atoms with Gasteiger partial charge >= 0.3 is 21.2 Å². The lowest BCUT2D eigenvalue weighted by molar-refractivity contribution is -0.603. The van der Waals surface area contributed by atoms with Crippen molar-refractivity contribution in [3.8, 4) is 0 Å². The van der Waals surface area contributed by atoms with Crippen LogP contribution in [-0.4, -0.2) is 0 Å². The summed E-state index contributed by atoms with van der Waals surface area (Å²) in [7, 11) is 0. The van der Waals surface area contributed by atoms with E-state index in [1.54, 1.807) is 12.1 Å². The number of rotatable bonds is 2. The molecule has 0 bridgehead atoms. The highest BCUT2D eigenvalue weighted by atomic mass is 127. The maximum Gasteiger partial charge on any atom is 0.364 e. The van der Waals surface area contributed by atoms with Gasteiger partial charge in [0.1, 0.15) is 5.82 Å². The van der Waals surface area contributed by atoms with E-state index in [1.165, 1.54) is 30.3 Å². The zero-order valence-corrected chi connectivity index (χ0v) is 10.2. The van der Waals surface area contributed by atoms with E-state index in [0.29, 0.717) is 3.57 Å². The zero-order valence-electron chi connectivity index (χ0n) is 8.05. The molecule has 0 amide bonds. The molecule has 0 aliphatic heterocycles. The summed E-state index contributed by atoms with van der Waals surface area (Å²) < 4.78 is 40.3. The second kappa shape index (κ2) is 4.86. The Hall–Kier alpha value is -1.04. The van der Waals surface area contributed by atoms with Gasteiger partial charge in [-0.1, -0.05) is 12.1 Å². The van der Waals surface area contributed by atoms with Crippen LogP contribution in [0.25, 0.3) is 0 Å². The molecule has 0 aromatic heterocycles. The molecule has 0 N–H and O–H groups in total. The molecule has 0 atom stereocenters. The minimum atomic E-state index is -1.02. The smallest absolute Gasteiger partial charge is 0.207 e. The van der Waals surface area contributed by atoms with Gasteiger partial charge in [-0.3, -0.25) is 0 Å². The summed E-state index contributed by atoms with van der Waals surface area (Å²) in [5.74, 6) is -1.50. The van der Waals surface area contributed by atoms with E-state index in [1.807, 2.05) is 0 Å². The molecule has 0 saturated carbocycles. The highest BCUT2D eigenvalue weighted by molar-refractivity contribution is 5.07. The van der Waals surface area contributed by atoms with Crippen LogP contribution < -0.4 is 21.2 Å². The average Bonchev–Trinajstić information content (AvgIpc) is 2.24. The molecule has 0 spiro atoms. The molecule has 0 fully saturated rings. The van der Waals surface area contributed by atoms with Crippen molar-refractivity contribution in [2.75, 3.05) is 0 Å². The molecule has 2 aromatic rings. The molecule has 0 radical (unpaired) electrons. The third kappa shape index (κ3) is 2.55. The Labute approximate surface area is 101 Å².